The first kappa shape index (κ1) is 20.3. The molecule has 1 aromatic carbocycles. The molecule has 160 valence electrons. The van der Waals surface area contributed by atoms with Crippen LogP contribution in [-0.2, 0) is 24.1 Å². The fourth-order valence-corrected chi connectivity index (χ4v) is 3.94. The molecule has 1 aliphatic heterocycles. The third-order valence-electron chi connectivity index (χ3n) is 5.32. The Morgan fingerprint density at radius 2 is 1.97 bits per heavy atom. The molecule has 7 heteroatoms. The van der Waals surface area contributed by atoms with E-state index in [0.717, 1.165) is 30.6 Å². The largest absolute Gasteiger partial charge is 0.486 e. The van der Waals surface area contributed by atoms with Gasteiger partial charge < -0.3 is 19.9 Å². The van der Waals surface area contributed by atoms with Gasteiger partial charge in [-0.15, -0.1) is 0 Å². The van der Waals surface area contributed by atoms with Crippen molar-refractivity contribution in [3.05, 3.63) is 47.3 Å². The number of amides is 1. The van der Waals surface area contributed by atoms with Crippen molar-refractivity contribution < 1.29 is 19.0 Å². The minimum Gasteiger partial charge on any atom is -0.486 e. The van der Waals surface area contributed by atoms with E-state index >= 15 is 0 Å². The van der Waals surface area contributed by atoms with Crippen molar-refractivity contribution in [2.24, 2.45) is 0 Å². The van der Waals surface area contributed by atoms with Gasteiger partial charge in [0.2, 0.25) is 0 Å². The number of aryl methyl sites for hydroxylation is 1. The number of benzene rings is 1. The molecule has 0 fully saturated rings. The van der Waals surface area contributed by atoms with E-state index in [-0.39, 0.29) is 12.1 Å². The second-order valence-corrected chi connectivity index (χ2v) is 8.85. The molecule has 2 aromatic rings. The van der Waals surface area contributed by atoms with Crippen molar-refractivity contribution in [3.63, 3.8) is 0 Å². The number of carbonyl (C=O) groups excluding carboxylic acids is 1. The van der Waals surface area contributed by atoms with Gasteiger partial charge in [-0.05, 0) is 63.3 Å². The number of nitrogens with zero attached hydrogens (tertiary/aromatic N) is 2. The van der Waals surface area contributed by atoms with Crippen molar-refractivity contribution in [2.45, 2.75) is 58.2 Å². The van der Waals surface area contributed by atoms with E-state index in [0.29, 0.717) is 31.3 Å². The van der Waals surface area contributed by atoms with Gasteiger partial charge in [0.25, 0.3) is 0 Å². The quantitative estimate of drug-likeness (QED) is 0.775. The molecule has 0 spiro atoms. The van der Waals surface area contributed by atoms with Crippen LogP contribution in [0.3, 0.4) is 0 Å². The normalized spacial score (nSPS) is 17.8. The van der Waals surface area contributed by atoms with E-state index in [1.165, 1.54) is 11.1 Å². The Morgan fingerprint density at radius 1 is 1.20 bits per heavy atom. The van der Waals surface area contributed by atoms with Gasteiger partial charge in [-0.3, -0.25) is 9.88 Å². The van der Waals surface area contributed by atoms with Crippen molar-refractivity contribution in [1.82, 2.24) is 9.88 Å². The summed E-state index contributed by atoms with van der Waals surface area (Å²) in [6, 6.07) is 7.88. The summed E-state index contributed by atoms with van der Waals surface area (Å²) < 4.78 is 17.0. The molecule has 2 aliphatic rings. The zero-order valence-corrected chi connectivity index (χ0v) is 17.8. The number of ether oxygens (including phenoxy) is 3. The maximum absolute atomic E-state index is 13.1. The lowest BCUT2D eigenvalue weighted by Gasteiger charge is -2.36. The highest BCUT2D eigenvalue weighted by Crippen LogP contribution is 2.32. The third kappa shape index (κ3) is 4.61. The highest BCUT2D eigenvalue weighted by Gasteiger charge is 2.32. The molecule has 0 saturated heterocycles. The van der Waals surface area contributed by atoms with E-state index < -0.39 is 5.60 Å². The SMILES string of the molecule is CC(C)(C)OC(=O)N(Cc1cc2c(cn1)OCCO2)C1CCc2cc(N)ccc2C1. The van der Waals surface area contributed by atoms with Gasteiger partial charge in [-0.1, -0.05) is 6.07 Å². The highest BCUT2D eigenvalue weighted by atomic mass is 16.6. The van der Waals surface area contributed by atoms with Crippen molar-refractivity contribution in [2.75, 3.05) is 18.9 Å². The van der Waals surface area contributed by atoms with Gasteiger partial charge in [-0.2, -0.15) is 0 Å². The lowest BCUT2D eigenvalue weighted by molar-refractivity contribution is 0.0121. The molecule has 7 nitrogen and oxygen atoms in total. The second kappa shape index (κ2) is 8.05. The summed E-state index contributed by atoms with van der Waals surface area (Å²) in [6.07, 6.45) is 3.82. The smallest absolute Gasteiger partial charge is 0.410 e. The van der Waals surface area contributed by atoms with Crippen molar-refractivity contribution in [1.29, 1.82) is 0 Å². The molecular formula is C23H29N3O4. The van der Waals surface area contributed by atoms with Crippen LogP contribution in [0.25, 0.3) is 0 Å². The predicted octanol–water partition coefficient (Wildman–Crippen LogP) is 3.73. The molecule has 1 aromatic heterocycles. The van der Waals surface area contributed by atoms with Crippen LogP contribution in [0.5, 0.6) is 11.5 Å². The highest BCUT2D eigenvalue weighted by molar-refractivity contribution is 5.69. The van der Waals surface area contributed by atoms with E-state index in [1.807, 2.05) is 39.0 Å². The second-order valence-electron chi connectivity index (χ2n) is 8.85. The Balaban J connectivity index is 1.58. The molecule has 2 heterocycles. The number of nitrogen functional groups attached to an aromatic ring is 1. The Morgan fingerprint density at radius 3 is 2.73 bits per heavy atom. The number of hydrogen-bond acceptors (Lipinski definition) is 6. The van der Waals surface area contributed by atoms with Crippen LogP contribution >= 0.6 is 0 Å². The molecule has 1 aliphatic carbocycles. The number of nitrogens with two attached hydrogens (primary N) is 1. The Hall–Kier alpha value is -2.96. The first-order valence-corrected chi connectivity index (χ1v) is 10.4. The van der Waals surface area contributed by atoms with Gasteiger partial charge in [0.1, 0.15) is 18.8 Å². The topological polar surface area (TPSA) is 86.9 Å². The van der Waals surface area contributed by atoms with Crippen molar-refractivity contribution >= 4 is 11.8 Å². The Bertz CT molecular complexity index is 939. The zero-order valence-electron chi connectivity index (χ0n) is 17.8. The number of carbonyl (C=O) groups is 1. The number of fused-ring (bicyclic) bond motifs is 2. The van der Waals surface area contributed by atoms with Crippen LogP contribution in [0.2, 0.25) is 0 Å². The van der Waals surface area contributed by atoms with Gasteiger partial charge in [0.15, 0.2) is 11.5 Å². The summed E-state index contributed by atoms with van der Waals surface area (Å²) in [4.78, 5) is 19.4. The lowest BCUT2D eigenvalue weighted by atomic mass is 9.87. The number of aromatic nitrogens is 1. The predicted molar refractivity (Wildman–Crippen MR) is 114 cm³/mol. The number of rotatable bonds is 3. The summed E-state index contributed by atoms with van der Waals surface area (Å²) in [7, 11) is 0. The maximum Gasteiger partial charge on any atom is 0.410 e. The Kier molecular flexibility index (Phi) is 5.45. The standard InChI is InChI=1S/C23H29N3O4/c1-23(2,3)30-22(27)26(14-18-12-20-21(13-25-18)29-9-8-28-20)19-7-5-15-10-17(24)6-4-16(15)11-19/h4,6,10,12-13,19H,5,7-9,11,14,24H2,1-3H3. The first-order chi connectivity index (χ1) is 14.3. The average molecular weight is 412 g/mol. The minimum absolute atomic E-state index is 0.0194. The molecular weight excluding hydrogens is 382 g/mol. The fourth-order valence-electron chi connectivity index (χ4n) is 3.94. The van der Waals surface area contributed by atoms with Crippen LogP contribution in [0.4, 0.5) is 10.5 Å². The van der Waals surface area contributed by atoms with E-state index in [2.05, 4.69) is 11.1 Å². The molecule has 0 saturated carbocycles. The van der Waals surface area contributed by atoms with Crippen molar-refractivity contribution in [3.8, 4) is 11.5 Å². The summed E-state index contributed by atoms with van der Waals surface area (Å²) >= 11 is 0. The molecule has 0 bridgehead atoms. The van der Waals surface area contributed by atoms with Gasteiger partial charge in [-0.25, -0.2) is 4.79 Å². The van der Waals surface area contributed by atoms with E-state index in [1.54, 1.807) is 11.1 Å². The third-order valence-corrected chi connectivity index (χ3v) is 5.32. The number of hydrogen-bond donors (Lipinski definition) is 1. The summed E-state index contributed by atoms with van der Waals surface area (Å²) in [5, 5.41) is 0. The van der Waals surface area contributed by atoms with Crippen LogP contribution in [-0.4, -0.2) is 40.8 Å². The van der Waals surface area contributed by atoms with Gasteiger partial charge in [0, 0.05) is 17.8 Å². The van der Waals surface area contributed by atoms with E-state index in [9.17, 15) is 4.79 Å². The lowest BCUT2D eigenvalue weighted by Crippen LogP contribution is -2.45. The molecule has 2 N–H and O–H groups in total. The number of anilines is 1. The van der Waals surface area contributed by atoms with Crippen LogP contribution in [0.1, 0.15) is 44.0 Å². The summed E-state index contributed by atoms with van der Waals surface area (Å²) in [5.74, 6) is 1.30. The average Bonchev–Trinajstić information content (AvgIpc) is 2.70. The monoisotopic (exact) mass is 411 g/mol. The Labute approximate surface area is 177 Å². The van der Waals surface area contributed by atoms with E-state index in [4.69, 9.17) is 19.9 Å². The van der Waals surface area contributed by atoms with Gasteiger partial charge in [0.05, 0.1) is 18.4 Å². The van der Waals surface area contributed by atoms with Crippen LogP contribution < -0.4 is 15.2 Å². The molecule has 0 radical (unpaired) electrons. The molecule has 1 amide bonds. The van der Waals surface area contributed by atoms with Crippen LogP contribution in [0, 0.1) is 0 Å². The minimum atomic E-state index is -0.573. The van der Waals surface area contributed by atoms with Crippen LogP contribution in [0.15, 0.2) is 30.5 Å². The zero-order chi connectivity index (χ0) is 21.3. The molecule has 4 rings (SSSR count). The van der Waals surface area contributed by atoms with Gasteiger partial charge >= 0.3 is 6.09 Å². The molecule has 1 unspecified atom stereocenters. The fraction of sp³-hybridized carbons (Fsp3) is 0.478. The maximum atomic E-state index is 13.1. The summed E-state index contributed by atoms with van der Waals surface area (Å²) in [5.41, 5.74) is 9.37. The number of pyridine rings is 1. The molecule has 1 atom stereocenters. The summed E-state index contributed by atoms with van der Waals surface area (Å²) in [6.45, 7) is 7.01. The first-order valence-electron chi connectivity index (χ1n) is 10.4. The molecule has 30 heavy (non-hydrogen) atoms.